The third kappa shape index (κ3) is 4.60. The molecule has 1 saturated heterocycles. The molecule has 0 unspecified atom stereocenters. The number of aromatic nitrogens is 2. The minimum atomic E-state index is -0.424. The predicted molar refractivity (Wildman–Crippen MR) is 116 cm³/mol. The number of halogens is 2. The van der Waals surface area contributed by atoms with Crippen LogP contribution < -0.4 is 10.3 Å². The molecule has 1 aliphatic heterocycles. The van der Waals surface area contributed by atoms with Crippen molar-refractivity contribution >= 4 is 46.0 Å². The molecule has 6 nitrogen and oxygen atoms in total. The third-order valence-electron chi connectivity index (χ3n) is 5.41. The van der Waals surface area contributed by atoms with E-state index < -0.39 is 6.04 Å². The average Bonchev–Trinajstić information content (AvgIpc) is 3.39. The molecule has 1 atom stereocenters. The van der Waals surface area contributed by atoms with Crippen molar-refractivity contribution in [1.29, 1.82) is 0 Å². The maximum atomic E-state index is 12.8. The van der Waals surface area contributed by atoms with Gasteiger partial charge in [-0.25, -0.2) is 9.97 Å². The van der Waals surface area contributed by atoms with Crippen LogP contribution in [0.3, 0.4) is 0 Å². The van der Waals surface area contributed by atoms with Gasteiger partial charge >= 0.3 is 0 Å². The summed E-state index contributed by atoms with van der Waals surface area (Å²) >= 11 is 12.0. The molecule has 4 rings (SSSR count). The van der Waals surface area contributed by atoms with Gasteiger partial charge in [-0.05, 0) is 42.7 Å². The molecular weight excluding hydrogens is 423 g/mol. The van der Waals surface area contributed by atoms with E-state index in [1.54, 1.807) is 17.0 Å². The fraction of sp³-hybridized carbons (Fsp3) is 0.318. The number of aryl methyl sites for hydroxylation is 1. The Balaban J connectivity index is 1.33. The van der Waals surface area contributed by atoms with E-state index in [4.69, 9.17) is 23.2 Å². The predicted octanol–water partition coefficient (Wildman–Crippen LogP) is 3.53. The Hall–Kier alpha value is -2.57. The number of hydrogen-bond donors (Lipinski definition) is 2. The van der Waals surface area contributed by atoms with Crippen molar-refractivity contribution in [3.8, 4) is 0 Å². The molecule has 1 aromatic heterocycles. The zero-order valence-electron chi connectivity index (χ0n) is 16.4. The maximum absolute atomic E-state index is 12.8. The van der Waals surface area contributed by atoms with Crippen molar-refractivity contribution in [3.63, 3.8) is 0 Å². The molecule has 2 aromatic carbocycles. The van der Waals surface area contributed by atoms with Crippen molar-refractivity contribution in [2.24, 2.45) is 0 Å². The second-order valence-corrected chi connectivity index (χ2v) is 8.30. The molecule has 0 aliphatic carbocycles. The summed E-state index contributed by atoms with van der Waals surface area (Å²) in [5, 5.41) is 3.85. The number of hydrogen-bond acceptors (Lipinski definition) is 2. The number of aromatic amines is 2. The van der Waals surface area contributed by atoms with Crippen LogP contribution in [0.5, 0.6) is 0 Å². The van der Waals surface area contributed by atoms with Crippen LogP contribution in [-0.2, 0) is 22.6 Å². The van der Waals surface area contributed by atoms with E-state index in [2.05, 4.69) is 15.3 Å². The van der Waals surface area contributed by atoms with Gasteiger partial charge in [0.2, 0.25) is 11.8 Å². The van der Waals surface area contributed by atoms with Crippen LogP contribution in [0.1, 0.15) is 30.7 Å². The molecule has 1 fully saturated rings. The van der Waals surface area contributed by atoms with Gasteiger partial charge in [0.05, 0.1) is 16.5 Å². The molecule has 8 heteroatoms. The van der Waals surface area contributed by atoms with E-state index in [9.17, 15) is 9.59 Å². The SMILES string of the molecule is O=C(NCc1ccc(Cl)c(Cl)c1)[C@@H]1CCCN1C(=O)CCc1[nH]c2ccccc2[nH+]1. The lowest BCUT2D eigenvalue weighted by molar-refractivity contribution is -0.357. The lowest BCUT2D eigenvalue weighted by Gasteiger charge is -2.23. The second kappa shape index (κ2) is 9.06. The smallest absolute Gasteiger partial charge is 0.253 e. The first-order valence-corrected chi connectivity index (χ1v) is 10.8. The van der Waals surface area contributed by atoms with Gasteiger partial charge in [0.1, 0.15) is 6.04 Å². The summed E-state index contributed by atoms with van der Waals surface area (Å²) in [6, 6.07) is 12.8. The summed E-state index contributed by atoms with van der Waals surface area (Å²) in [4.78, 5) is 33.8. The molecule has 0 radical (unpaired) electrons. The van der Waals surface area contributed by atoms with Crippen molar-refractivity contribution in [2.45, 2.75) is 38.3 Å². The molecule has 0 spiro atoms. The Morgan fingerprint density at radius 3 is 2.80 bits per heavy atom. The lowest BCUT2D eigenvalue weighted by atomic mass is 10.1. The van der Waals surface area contributed by atoms with Crippen LogP contribution in [0.25, 0.3) is 11.0 Å². The van der Waals surface area contributed by atoms with Crippen LogP contribution in [0.4, 0.5) is 0 Å². The first-order chi connectivity index (χ1) is 14.5. The molecule has 30 heavy (non-hydrogen) atoms. The standard InChI is InChI=1S/C22H22Cl2N4O2/c23-15-8-7-14(12-16(15)24)13-25-22(30)19-6-3-11-28(19)21(29)10-9-20-26-17-4-1-2-5-18(17)27-20/h1-2,4-5,7-8,12,19H,3,6,9-11,13H2,(H,25,30)(H,26,27)/p+1/t19-/m0/s1. The minimum absolute atomic E-state index is 0.00533. The van der Waals surface area contributed by atoms with E-state index in [0.717, 1.165) is 28.8 Å². The van der Waals surface area contributed by atoms with Crippen LogP contribution in [0, 0.1) is 0 Å². The zero-order valence-corrected chi connectivity index (χ0v) is 17.9. The largest absolute Gasteiger partial charge is 0.350 e. The topological polar surface area (TPSA) is 79.3 Å². The van der Waals surface area contributed by atoms with Crippen LogP contribution in [-0.4, -0.2) is 34.3 Å². The first kappa shape index (κ1) is 20.7. The van der Waals surface area contributed by atoms with Gasteiger partial charge in [0, 0.05) is 19.5 Å². The Labute approximate surface area is 184 Å². The molecule has 3 aromatic rings. The van der Waals surface area contributed by atoms with Gasteiger partial charge in [-0.3, -0.25) is 9.59 Å². The lowest BCUT2D eigenvalue weighted by Crippen LogP contribution is -2.45. The van der Waals surface area contributed by atoms with E-state index >= 15 is 0 Å². The normalized spacial score (nSPS) is 16.2. The van der Waals surface area contributed by atoms with E-state index in [1.807, 2.05) is 30.3 Å². The summed E-state index contributed by atoms with van der Waals surface area (Å²) in [6.07, 6.45) is 2.42. The Bertz CT molecular complexity index is 1050. The summed E-state index contributed by atoms with van der Waals surface area (Å²) in [6.45, 7) is 0.957. The maximum Gasteiger partial charge on any atom is 0.253 e. The number of nitrogens with zero attached hydrogens (tertiary/aromatic N) is 1. The molecule has 0 saturated carbocycles. The van der Waals surface area contributed by atoms with Crippen molar-refractivity contribution in [3.05, 3.63) is 63.9 Å². The highest BCUT2D eigenvalue weighted by molar-refractivity contribution is 6.42. The van der Waals surface area contributed by atoms with Gasteiger partial charge in [0.25, 0.3) is 5.82 Å². The molecule has 0 bridgehead atoms. The monoisotopic (exact) mass is 445 g/mol. The first-order valence-electron chi connectivity index (χ1n) is 10.0. The van der Waals surface area contributed by atoms with Crippen molar-refractivity contribution in [2.75, 3.05) is 6.54 Å². The van der Waals surface area contributed by atoms with Gasteiger partial charge in [-0.2, -0.15) is 0 Å². The number of amides is 2. The summed E-state index contributed by atoms with van der Waals surface area (Å²) < 4.78 is 0. The van der Waals surface area contributed by atoms with Gasteiger partial charge in [-0.15, -0.1) is 0 Å². The summed E-state index contributed by atoms with van der Waals surface area (Å²) in [5.74, 6) is 0.766. The van der Waals surface area contributed by atoms with Crippen LogP contribution in [0.15, 0.2) is 42.5 Å². The number of carbonyl (C=O) groups excluding carboxylic acids is 2. The number of benzene rings is 2. The number of nitrogens with one attached hydrogen (secondary N) is 3. The average molecular weight is 446 g/mol. The number of fused-ring (bicyclic) bond motifs is 1. The fourth-order valence-electron chi connectivity index (χ4n) is 3.85. The molecule has 1 aliphatic rings. The zero-order chi connectivity index (χ0) is 21.1. The summed E-state index contributed by atoms with van der Waals surface area (Å²) in [5.41, 5.74) is 2.89. The fourth-order valence-corrected chi connectivity index (χ4v) is 4.17. The van der Waals surface area contributed by atoms with Crippen molar-refractivity contribution in [1.82, 2.24) is 15.2 Å². The minimum Gasteiger partial charge on any atom is -0.350 e. The summed E-state index contributed by atoms with van der Waals surface area (Å²) in [7, 11) is 0. The van der Waals surface area contributed by atoms with Gasteiger partial charge in [-0.1, -0.05) is 41.4 Å². The number of carbonyl (C=O) groups is 2. The Morgan fingerprint density at radius 1 is 1.17 bits per heavy atom. The number of para-hydroxylation sites is 2. The van der Waals surface area contributed by atoms with Crippen LogP contribution in [0.2, 0.25) is 10.0 Å². The number of likely N-dealkylation sites (tertiary alicyclic amines) is 1. The third-order valence-corrected chi connectivity index (χ3v) is 6.15. The van der Waals surface area contributed by atoms with E-state index in [0.29, 0.717) is 42.4 Å². The molecular formula is C22H23Cl2N4O2+. The number of rotatable bonds is 6. The van der Waals surface area contributed by atoms with Crippen molar-refractivity contribution < 1.29 is 14.6 Å². The molecule has 3 N–H and O–H groups in total. The number of imidazole rings is 1. The Morgan fingerprint density at radius 2 is 2.00 bits per heavy atom. The highest BCUT2D eigenvalue weighted by Gasteiger charge is 2.33. The van der Waals surface area contributed by atoms with E-state index in [1.165, 1.54) is 0 Å². The quantitative estimate of drug-likeness (QED) is 0.608. The second-order valence-electron chi connectivity index (χ2n) is 7.49. The number of H-pyrrole nitrogens is 2. The van der Waals surface area contributed by atoms with E-state index in [-0.39, 0.29) is 11.8 Å². The highest BCUT2D eigenvalue weighted by Crippen LogP contribution is 2.23. The molecule has 2 amide bonds. The molecule has 156 valence electrons. The molecule has 2 heterocycles. The van der Waals surface area contributed by atoms with Gasteiger partial charge in [0.15, 0.2) is 11.0 Å². The van der Waals surface area contributed by atoms with Gasteiger partial charge < -0.3 is 10.2 Å². The van der Waals surface area contributed by atoms with Crippen LogP contribution >= 0.6 is 23.2 Å². The Kier molecular flexibility index (Phi) is 6.25. The highest BCUT2D eigenvalue weighted by atomic mass is 35.5.